The number of carbonyl (C=O) groups is 1. The van der Waals surface area contributed by atoms with Gasteiger partial charge < -0.3 is 4.90 Å². The normalized spacial score (nSPS) is 22.4. The van der Waals surface area contributed by atoms with E-state index in [1.54, 1.807) is 6.92 Å². The molecule has 0 aromatic carbocycles. The molecule has 1 atom stereocenters. The Morgan fingerprint density at radius 1 is 1.50 bits per heavy atom. The average molecular weight is 190 g/mol. The largest absolute Gasteiger partial charge is 0.341 e. The van der Waals surface area contributed by atoms with Crippen LogP contribution in [0.1, 0.15) is 26.7 Å². The molecule has 0 bridgehead atoms. The maximum absolute atomic E-state index is 11.4. The lowest BCUT2D eigenvalue weighted by Crippen LogP contribution is -2.41. The number of alkyl halides is 1. The molecular formula is C9H16ClNO. The second-order valence-electron chi connectivity index (χ2n) is 3.62. The maximum Gasteiger partial charge on any atom is 0.240 e. The molecule has 1 aliphatic rings. The first kappa shape index (κ1) is 9.85. The minimum atomic E-state index is -0.363. The number of nitrogens with zero attached hydrogens (tertiary/aromatic N) is 1. The first-order valence-electron chi connectivity index (χ1n) is 4.54. The summed E-state index contributed by atoms with van der Waals surface area (Å²) in [7, 11) is 0. The standard InChI is InChI=1S/C9H16ClNO/c1-7-3-5-11(6-4-7)9(12)8(2)10/h7-8H,3-6H2,1-2H3/t8-/m1/s1. The van der Waals surface area contributed by atoms with Crippen LogP contribution in [-0.2, 0) is 4.79 Å². The number of likely N-dealkylation sites (tertiary alicyclic amines) is 1. The Morgan fingerprint density at radius 3 is 2.42 bits per heavy atom. The highest BCUT2D eigenvalue weighted by Gasteiger charge is 2.22. The quantitative estimate of drug-likeness (QED) is 0.577. The molecule has 1 rings (SSSR count). The van der Waals surface area contributed by atoms with Gasteiger partial charge in [-0.25, -0.2) is 0 Å². The summed E-state index contributed by atoms with van der Waals surface area (Å²) in [4.78, 5) is 13.3. The zero-order valence-corrected chi connectivity index (χ0v) is 8.47. The van der Waals surface area contributed by atoms with Gasteiger partial charge in [0.05, 0.1) is 0 Å². The number of rotatable bonds is 1. The van der Waals surface area contributed by atoms with E-state index in [4.69, 9.17) is 11.6 Å². The second kappa shape index (κ2) is 4.13. The monoisotopic (exact) mass is 189 g/mol. The summed E-state index contributed by atoms with van der Waals surface area (Å²) in [5.41, 5.74) is 0. The highest BCUT2D eigenvalue weighted by Crippen LogP contribution is 2.17. The van der Waals surface area contributed by atoms with Gasteiger partial charge in [0.15, 0.2) is 0 Å². The van der Waals surface area contributed by atoms with Crippen molar-refractivity contribution in [1.82, 2.24) is 4.90 Å². The van der Waals surface area contributed by atoms with Crippen LogP contribution in [0.5, 0.6) is 0 Å². The summed E-state index contributed by atoms with van der Waals surface area (Å²) in [6.45, 7) is 5.74. The van der Waals surface area contributed by atoms with E-state index in [0.29, 0.717) is 0 Å². The molecule has 0 aliphatic carbocycles. The van der Waals surface area contributed by atoms with E-state index in [-0.39, 0.29) is 11.3 Å². The van der Waals surface area contributed by atoms with E-state index in [9.17, 15) is 4.79 Å². The van der Waals surface area contributed by atoms with E-state index in [1.165, 1.54) is 0 Å². The molecule has 0 aromatic rings. The number of hydrogen-bond acceptors (Lipinski definition) is 1. The molecule has 0 unspecified atom stereocenters. The molecule has 0 N–H and O–H groups in total. The lowest BCUT2D eigenvalue weighted by atomic mass is 9.99. The van der Waals surface area contributed by atoms with Gasteiger partial charge in [-0.05, 0) is 25.7 Å². The summed E-state index contributed by atoms with van der Waals surface area (Å²) in [6.07, 6.45) is 2.24. The van der Waals surface area contributed by atoms with Crippen LogP contribution in [-0.4, -0.2) is 29.3 Å². The first-order valence-corrected chi connectivity index (χ1v) is 4.97. The van der Waals surface area contributed by atoms with Crippen molar-refractivity contribution in [3.8, 4) is 0 Å². The SMILES string of the molecule is CC1CCN(C(=O)[C@@H](C)Cl)CC1. The van der Waals surface area contributed by atoms with Gasteiger partial charge in [0, 0.05) is 13.1 Å². The molecule has 2 nitrogen and oxygen atoms in total. The molecule has 1 heterocycles. The molecule has 1 aliphatic heterocycles. The Labute approximate surface area is 78.9 Å². The predicted molar refractivity (Wildman–Crippen MR) is 50.3 cm³/mol. The highest BCUT2D eigenvalue weighted by atomic mass is 35.5. The van der Waals surface area contributed by atoms with E-state index < -0.39 is 0 Å². The summed E-state index contributed by atoms with van der Waals surface area (Å²) < 4.78 is 0. The third-order valence-corrected chi connectivity index (χ3v) is 2.62. The van der Waals surface area contributed by atoms with Gasteiger partial charge in [0.25, 0.3) is 0 Å². The van der Waals surface area contributed by atoms with Crippen molar-refractivity contribution in [2.45, 2.75) is 32.1 Å². The van der Waals surface area contributed by atoms with Crippen molar-refractivity contribution in [3.63, 3.8) is 0 Å². The molecule has 0 saturated carbocycles. The Bertz CT molecular complexity index is 162. The van der Waals surface area contributed by atoms with E-state index in [0.717, 1.165) is 31.8 Å². The predicted octanol–water partition coefficient (Wildman–Crippen LogP) is 1.87. The fourth-order valence-corrected chi connectivity index (χ4v) is 1.62. The van der Waals surface area contributed by atoms with Crippen molar-refractivity contribution < 1.29 is 4.79 Å². The van der Waals surface area contributed by atoms with Crippen LogP contribution in [0.3, 0.4) is 0 Å². The lowest BCUT2D eigenvalue weighted by Gasteiger charge is -2.30. The van der Waals surface area contributed by atoms with Crippen molar-refractivity contribution >= 4 is 17.5 Å². The van der Waals surface area contributed by atoms with Crippen molar-refractivity contribution in [2.24, 2.45) is 5.92 Å². The minimum absolute atomic E-state index is 0.0866. The van der Waals surface area contributed by atoms with Crippen LogP contribution in [0.25, 0.3) is 0 Å². The fourth-order valence-electron chi connectivity index (χ4n) is 1.48. The van der Waals surface area contributed by atoms with Crippen molar-refractivity contribution in [3.05, 3.63) is 0 Å². The average Bonchev–Trinajstić information content (AvgIpc) is 2.04. The number of piperidine rings is 1. The first-order chi connectivity index (χ1) is 5.61. The van der Waals surface area contributed by atoms with Crippen LogP contribution >= 0.6 is 11.6 Å². The minimum Gasteiger partial charge on any atom is -0.341 e. The Kier molecular flexibility index (Phi) is 3.39. The fraction of sp³-hybridized carbons (Fsp3) is 0.889. The van der Waals surface area contributed by atoms with Gasteiger partial charge in [-0.15, -0.1) is 11.6 Å². The lowest BCUT2D eigenvalue weighted by molar-refractivity contribution is -0.131. The van der Waals surface area contributed by atoms with E-state index in [2.05, 4.69) is 6.92 Å². The topological polar surface area (TPSA) is 20.3 Å². The van der Waals surface area contributed by atoms with E-state index in [1.807, 2.05) is 4.90 Å². The summed E-state index contributed by atoms with van der Waals surface area (Å²) in [5, 5.41) is -0.363. The molecule has 0 radical (unpaired) electrons. The number of amides is 1. The van der Waals surface area contributed by atoms with Crippen LogP contribution in [0.4, 0.5) is 0 Å². The Hall–Kier alpha value is -0.240. The van der Waals surface area contributed by atoms with Crippen LogP contribution in [0, 0.1) is 5.92 Å². The Balaban J connectivity index is 2.39. The molecule has 3 heteroatoms. The zero-order valence-electron chi connectivity index (χ0n) is 7.72. The molecule has 1 fully saturated rings. The summed E-state index contributed by atoms with van der Waals surface area (Å²) >= 11 is 5.71. The van der Waals surface area contributed by atoms with Crippen LogP contribution in [0.15, 0.2) is 0 Å². The van der Waals surface area contributed by atoms with Crippen LogP contribution in [0.2, 0.25) is 0 Å². The Morgan fingerprint density at radius 2 is 2.00 bits per heavy atom. The molecule has 0 spiro atoms. The summed E-state index contributed by atoms with van der Waals surface area (Å²) in [5.74, 6) is 0.850. The molecule has 1 saturated heterocycles. The number of carbonyl (C=O) groups excluding carboxylic acids is 1. The number of hydrogen-bond donors (Lipinski definition) is 0. The third-order valence-electron chi connectivity index (χ3n) is 2.44. The van der Waals surface area contributed by atoms with Gasteiger partial charge >= 0.3 is 0 Å². The highest BCUT2D eigenvalue weighted by molar-refractivity contribution is 6.30. The van der Waals surface area contributed by atoms with Gasteiger partial charge in [-0.3, -0.25) is 4.79 Å². The zero-order chi connectivity index (χ0) is 9.14. The van der Waals surface area contributed by atoms with Gasteiger partial charge in [-0.2, -0.15) is 0 Å². The van der Waals surface area contributed by atoms with E-state index >= 15 is 0 Å². The molecule has 1 amide bonds. The van der Waals surface area contributed by atoms with Crippen molar-refractivity contribution in [2.75, 3.05) is 13.1 Å². The maximum atomic E-state index is 11.4. The molecule has 12 heavy (non-hydrogen) atoms. The molecule has 0 aromatic heterocycles. The van der Waals surface area contributed by atoms with Gasteiger partial charge in [0.2, 0.25) is 5.91 Å². The smallest absolute Gasteiger partial charge is 0.240 e. The van der Waals surface area contributed by atoms with Crippen molar-refractivity contribution in [1.29, 1.82) is 0 Å². The summed E-state index contributed by atoms with van der Waals surface area (Å²) in [6, 6.07) is 0. The molecule has 70 valence electrons. The second-order valence-corrected chi connectivity index (χ2v) is 4.28. The van der Waals surface area contributed by atoms with Crippen LogP contribution < -0.4 is 0 Å². The number of halogens is 1. The van der Waals surface area contributed by atoms with Gasteiger partial charge in [-0.1, -0.05) is 6.92 Å². The third kappa shape index (κ3) is 2.37. The van der Waals surface area contributed by atoms with Gasteiger partial charge in [0.1, 0.15) is 5.38 Å². The molecular weight excluding hydrogens is 174 g/mol.